The summed E-state index contributed by atoms with van der Waals surface area (Å²) in [5.74, 6) is 0.575. The van der Waals surface area contributed by atoms with E-state index in [0.29, 0.717) is 29.2 Å². The predicted octanol–water partition coefficient (Wildman–Crippen LogP) is 4.28. The fourth-order valence-corrected chi connectivity index (χ4v) is 4.10. The number of nitrogens with zero attached hydrogens (tertiary/aromatic N) is 1. The average molecular weight is 446 g/mol. The molecule has 0 bridgehead atoms. The van der Waals surface area contributed by atoms with Crippen LogP contribution in [0.2, 0.25) is 0 Å². The largest absolute Gasteiger partial charge is 0.494 e. The maximum Gasteiger partial charge on any atom is 0.264 e. The Morgan fingerprint density at radius 2 is 1.67 bits per heavy atom. The van der Waals surface area contributed by atoms with Crippen LogP contribution in [-0.4, -0.2) is 36.6 Å². The van der Waals surface area contributed by atoms with Gasteiger partial charge in [0.1, 0.15) is 18.1 Å². The second-order valence-electron chi connectivity index (χ2n) is 8.01. The second kappa shape index (κ2) is 9.46. The number of aryl methyl sites for hydroxylation is 1. The highest BCUT2D eigenvalue weighted by Gasteiger charge is 2.50. The van der Waals surface area contributed by atoms with Gasteiger partial charge in [-0.3, -0.25) is 9.59 Å². The topological polar surface area (TPSA) is 76.1 Å². The number of ketones is 1. The van der Waals surface area contributed by atoms with Gasteiger partial charge in [0.05, 0.1) is 25.3 Å². The van der Waals surface area contributed by atoms with E-state index >= 15 is 0 Å². The lowest BCUT2D eigenvalue weighted by molar-refractivity contribution is -0.135. The minimum atomic E-state index is -1.92. The molecule has 0 saturated carbocycles. The molecule has 0 radical (unpaired) electrons. The molecule has 1 aliphatic heterocycles. The van der Waals surface area contributed by atoms with Crippen LogP contribution in [0.5, 0.6) is 11.5 Å². The summed E-state index contributed by atoms with van der Waals surface area (Å²) in [5, 5.41) is 11.4. The van der Waals surface area contributed by atoms with Gasteiger partial charge in [-0.05, 0) is 55.8 Å². The Balaban J connectivity index is 1.51. The van der Waals surface area contributed by atoms with Gasteiger partial charge in [-0.15, -0.1) is 0 Å². The Labute approximate surface area is 193 Å². The molecular weight excluding hydrogens is 418 g/mol. The standard InChI is InChI=1S/C27H27NO5/c1-3-32-21-14-12-20(13-15-21)24(29)18-27(31)22-9-5-6-10-23(22)28(26(27)30)16-17-33-25-11-7-4-8-19(25)2/h4-15,31H,3,16-18H2,1-2H3. The van der Waals surface area contributed by atoms with Crippen molar-refractivity contribution in [1.29, 1.82) is 0 Å². The first kappa shape index (κ1) is 22.6. The summed E-state index contributed by atoms with van der Waals surface area (Å²) in [6, 6.07) is 21.4. The third-order valence-corrected chi connectivity index (χ3v) is 5.81. The number of hydrogen-bond acceptors (Lipinski definition) is 5. The zero-order valence-corrected chi connectivity index (χ0v) is 18.8. The maximum absolute atomic E-state index is 13.3. The highest BCUT2D eigenvalue weighted by atomic mass is 16.5. The molecular formula is C27H27NO5. The number of anilines is 1. The highest BCUT2D eigenvalue weighted by Crippen LogP contribution is 2.42. The Hall–Kier alpha value is -3.64. The van der Waals surface area contributed by atoms with E-state index in [1.54, 1.807) is 48.5 Å². The number of carbonyl (C=O) groups is 2. The van der Waals surface area contributed by atoms with Crippen LogP contribution in [0.4, 0.5) is 5.69 Å². The first-order valence-corrected chi connectivity index (χ1v) is 11.0. The average Bonchev–Trinajstić information content (AvgIpc) is 3.03. The van der Waals surface area contributed by atoms with Crippen molar-refractivity contribution >= 4 is 17.4 Å². The molecule has 0 fully saturated rings. The quantitative estimate of drug-likeness (QED) is 0.498. The van der Waals surface area contributed by atoms with Crippen LogP contribution in [-0.2, 0) is 10.4 Å². The van der Waals surface area contributed by atoms with Crippen LogP contribution >= 0.6 is 0 Å². The second-order valence-corrected chi connectivity index (χ2v) is 8.01. The third kappa shape index (κ3) is 4.47. The number of carbonyl (C=O) groups excluding carboxylic acids is 2. The first-order valence-electron chi connectivity index (χ1n) is 11.0. The van der Waals surface area contributed by atoms with Crippen molar-refractivity contribution in [2.24, 2.45) is 0 Å². The van der Waals surface area contributed by atoms with E-state index in [0.717, 1.165) is 11.3 Å². The van der Waals surface area contributed by atoms with E-state index < -0.39 is 11.5 Å². The molecule has 1 N–H and O–H groups in total. The SMILES string of the molecule is CCOc1ccc(C(=O)CC2(O)C(=O)N(CCOc3ccccc3C)c3ccccc32)cc1. The number of rotatable bonds is 9. The van der Waals surface area contributed by atoms with E-state index in [-0.39, 0.29) is 25.4 Å². The van der Waals surface area contributed by atoms with Gasteiger partial charge in [0.15, 0.2) is 11.4 Å². The van der Waals surface area contributed by atoms with Crippen LogP contribution < -0.4 is 14.4 Å². The van der Waals surface area contributed by atoms with Crippen LogP contribution in [0, 0.1) is 6.92 Å². The van der Waals surface area contributed by atoms with Crippen molar-refractivity contribution in [2.75, 3.05) is 24.7 Å². The van der Waals surface area contributed by atoms with Gasteiger partial charge in [0.25, 0.3) is 5.91 Å². The lowest BCUT2D eigenvalue weighted by Crippen LogP contribution is -2.43. The molecule has 0 aliphatic carbocycles. The summed E-state index contributed by atoms with van der Waals surface area (Å²) >= 11 is 0. The number of benzene rings is 3. The maximum atomic E-state index is 13.3. The van der Waals surface area contributed by atoms with E-state index in [1.807, 2.05) is 38.1 Å². The zero-order chi connectivity index (χ0) is 23.4. The van der Waals surface area contributed by atoms with E-state index in [2.05, 4.69) is 0 Å². The molecule has 3 aromatic rings. The van der Waals surface area contributed by atoms with Gasteiger partial charge in [-0.1, -0.05) is 36.4 Å². The monoisotopic (exact) mass is 445 g/mol. The number of hydrogen-bond donors (Lipinski definition) is 1. The van der Waals surface area contributed by atoms with Crippen LogP contribution in [0.1, 0.15) is 34.8 Å². The van der Waals surface area contributed by atoms with Crippen LogP contribution in [0.3, 0.4) is 0 Å². The summed E-state index contributed by atoms with van der Waals surface area (Å²) in [4.78, 5) is 27.8. The molecule has 3 aromatic carbocycles. The van der Waals surface area contributed by atoms with Crippen molar-refractivity contribution in [3.05, 3.63) is 89.5 Å². The van der Waals surface area contributed by atoms with E-state index in [1.165, 1.54) is 4.90 Å². The van der Waals surface area contributed by atoms with Gasteiger partial charge in [-0.2, -0.15) is 0 Å². The van der Waals surface area contributed by atoms with Crippen molar-refractivity contribution in [1.82, 2.24) is 0 Å². The van der Waals surface area contributed by atoms with Crippen molar-refractivity contribution < 1.29 is 24.2 Å². The molecule has 1 amide bonds. The Morgan fingerprint density at radius 3 is 2.39 bits per heavy atom. The Morgan fingerprint density at radius 1 is 0.970 bits per heavy atom. The number of ether oxygens (including phenoxy) is 2. The molecule has 4 rings (SSSR count). The molecule has 6 nitrogen and oxygen atoms in total. The summed E-state index contributed by atoms with van der Waals surface area (Å²) in [6.07, 6.45) is -0.341. The van der Waals surface area contributed by atoms with Gasteiger partial charge in [0.2, 0.25) is 0 Å². The molecule has 0 aromatic heterocycles. The van der Waals surface area contributed by atoms with Crippen molar-refractivity contribution in [3.8, 4) is 11.5 Å². The molecule has 170 valence electrons. The molecule has 33 heavy (non-hydrogen) atoms. The van der Waals surface area contributed by atoms with Crippen LogP contribution in [0.15, 0.2) is 72.8 Å². The number of aliphatic hydroxyl groups is 1. The zero-order valence-electron chi connectivity index (χ0n) is 18.8. The van der Waals surface area contributed by atoms with Crippen LogP contribution in [0.25, 0.3) is 0 Å². The van der Waals surface area contributed by atoms with Gasteiger partial charge in [0, 0.05) is 11.1 Å². The molecule has 6 heteroatoms. The molecule has 1 atom stereocenters. The third-order valence-electron chi connectivity index (χ3n) is 5.81. The summed E-state index contributed by atoms with van der Waals surface area (Å²) in [7, 11) is 0. The fourth-order valence-electron chi connectivity index (χ4n) is 4.10. The summed E-state index contributed by atoms with van der Waals surface area (Å²) in [6.45, 7) is 4.88. The van der Waals surface area contributed by atoms with Crippen molar-refractivity contribution in [3.63, 3.8) is 0 Å². The lowest BCUT2D eigenvalue weighted by Gasteiger charge is -2.23. The number of para-hydroxylation sites is 2. The molecule has 1 heterocycles. The number of fused-ring (bicyclic) bond motifs is 1. The minimum Gasteiger partial charge on any atom is -0.494 e. The predicted molar refractivity (Wildman–Crippen MR) is 126 cm³/mol. The molecule has 1 unspecified atom stereocenters. The van der Waals surface area contributed by atoms with Gasteiger partial charge >= 0.3 is 0 Å². The van der Waals surface area contributed by atoms with E-state index in [9.17, 15) is 14.7 Å². The Kier molecular flexibility index (Phi) is 6.47. The number of amides is 1. The molecule has 0 saturated heterocycles. The first-order chi connectivity index (χ1) is 15.9. The smallest absolute Gasteiger partial charge is 0.264 e. The van der Waals surface area contributed by atoms with Gasteiger partial charge in [-0.25, -0.2) is 0 Å². The summed E-state index contributed by atoms with van der Waals surface area (Å²) < 4.78 is 11.3. The van der Waals surface area contributed by atoms with Crippen molar-refractivity contribution in [2.45, 2.75) is 25.9 Å². The number of Topliss-reactive ketones (excluding diaryl/α,β-unsaturated/α-hetero) is 1. The minimum absolute atomic E-state index is 0.254. The van der Waals surface area contributed by atoms with E-state index in [4.69, 9.17) is 9.47 Å². The highest BCUT2D eigenvalue weighted by molar-refractivity contribution is 6.10. The summed E-state index contributed by atoms with van der Waals surface area (Å²) in [5.41, 5.74) is 0.527. The fraction of sp³-hybridized carbons (Fsp3) is 0.259. The molecule has 1 aliphatic rings. The van der Waals surface area contributed by atoms with Gasteiger partial charge < -0.3 is 19.5 Å². The normalized spacial score (nSPS) is 17.1. The molecule has 0 spiro atoms. The Bertz CT molecular complexity index is 1160. The lowest BCUT2D eigenvalue weighted by atomic mass is 9.88.